The Balaban J connectivity index is 2.93. The Morgan fingerprint density at radius 3 is 2.43 bits per heavy atom. The van der Waals surface area contributed by atoms with Crippen LogP contribution >= 0.6 is 12.2 Å². The molecule has 0 aliphatic heterocycles. The third-order valence-electron chi connectivity index (χ3n) is 3.62. The second-order valence-corrected chi connectivity index (χ2v) is 7.34. The number of aliphatic imine (C=N–C) groups is 1. The maximum absolute atomic E-state index is 12.0. The van der Waals surface area contributed by atoms with Gasteiger partial charge in [-0.1, -0.05) is 40.5 Å². The monoisotopic (exact) mass is 339 g/mol. The molecule has 0 radical (unpaired) electrons. The minimum Gasteiger partial charge on any atom is -0.494 e. The average molecular weight is 340 g/mol. The normalized spacial score (nSPS) is 13.3. The molecule has 1 rings (SSSR count). The second-order valence-electron chi connectivity index (χ2n) is 6.95. The van der Waals surface area contributed by atoms with Gasteiger partial charge in [-0.2, -0.15) is 0 Å². The largest absolute Gasteiger partial charge is 0.494 e. The third kappa shape index (κ3) is 6.29. The first-order valence-corrected chi connectivity index (χ1v) is 8.72. The van der Waals surface area contributed by atoms with Crippen LogP contribution in [0.4, 0.5) is 0 Å². The molecule has 0 saturated carbocycles. The molecule has 5 nitrogen and oxygen atoms in total. The number of H-pyrrole nitrogens is 1. The molecule has 0 unspecified atom stereocenters. The molecule has 1 aromatic heterocycles. The van der Waals surface area contributed by atoms with Crippen LogP contribution in [0.25, 0.3) is 0 Å². The van der Waals surface area contributed by atoms with Crippen LogP contribution in [-0.4, -0.2) is 26.9 Å². The zero-order valence-electron chi connectivity index (χ0n) is 14.8. The standard InChI is InChI=1S/C17H29N3O2S/c1-11(2)7-6-8-13(5)18-9-14-15(21)19-17(23)20(16(14)22)10-12(3)4/h9,11-13,22H,6-8,10H2,1-5H3,(H,19,21,23)/t13-/m0/s1. The summed E-state index contributed by atoms with van der Waals surface area (Å²) in [5, 5.41) is 10.3. The van der Waals surface area contributed by atoms with E-state index < -0.39 is 5.56 Å². The molecule has 1 heterocycles. The van der Waals surface area contributed by atoms with Crippen LogP contribution in [0.5, 0.6) is 5.88 Å². The Labute approximate surface area is 143 Å². The number of nitrogens with zero attached hydrogens (tertiary/aromatic N) is 2. The number of nitrogens with one attached hydrogen (secondary N) is 1. The van der Waals surface area contributed by atoms with Gasteiger partial charge in [0.05, 0.1) is 0 Å². The molecule has 1 atom stereocenters. The number of hydrogen-bond donors (Lipinski definition) is 2. The van der Waals surface area contributed by atoms with E-state index >= 15 is 0 Å². The first-order valence-electron chi connectivity index (χ1n) is 8.31. The summed E-state index contributed by atoms with van der Waals surface area (Å²) in [4.78, 5) is 19.0. The lowest BCUT2D eigenvalue weighted by Crippen LogP contribution is -2.20. The molecular formula is C17H29N3O2S. The number of hydrogen-bond acceptors (Lipinski definition) is 4. The van der Waals surface area contributed by atoms with Crippen LogP contribution in [0, 0.1) is 16.6 Å². The Bertz CT molecular complexity index is 644. The van der Waals surface area contributed by atoms with E-state index in [1.54, 1.807) is 4.57 Å². The van der Waals surface area contributed by atoms with Crippen molar-refractivity contribution in [2.24, 2.45) is 16.8 Å². The first kappa shape index (κ1) is 19.6. The summed E-state index contributed by atoms with van der Waals surface area (Å²) < 4.78 is 1.79. The summed E-state index contributed by atoms with van der Waals surface area (Å²) in [6.45, 7) is 11.0. The van der Waals surface area contributed by atoms with Crippen LogP contribution in [0.15, 0.2) is 9.79 Å². The lowest BCUT2D eigenvalue weighted by atomic mass is 10.0. The maximum atomic E-state index is 12.0. The Morgan fingerprint density at radius 1 is 1.22 bits per heavy atom. The van der Waals surface area contributed by atoms with E-state index in [-0.39, 0.29) is 22.3 Å². The molecule has 1 aromatic rings. The third-order valence-corrected chi connectivity index (χ3v) is 3.94. The molecule has 0 amide bonds. The predicted molar refractivity (Wildman–Crippen MR) is 98.1 cm³/mol. The van der Waals surface area contributed by atoms with Crippen molar-refractivity contribution in [1.29, 1.82) is 0 Å². The average Bonchev–Trinajstić information content (AvgIpc) is 2.42. The van der Waals surface area contributed by atoms with Gasteiger partial charge >= 0.3 is 0 Å². The van der Waals surface area contributed by atoms with Crippen LogP contribution in [-0.2, 0) is 6.54 Å². The van der Waals surface area contributed by atoms with Crippen molar-refractivity contribution in [2.45, 2.75) is 66.5 Å². The van der Waals surface area contributed by atoms with Gasteiger partial charge < -0.3 is 5.11 Å². The Morgan fingerprint density at radius 2 is 1.87 bits per heavy atom. The van der Waals surface area contributed by atoms with Gasteiger partial charge in [0.2, 0.25) is 5.88 Å². The number of aromatic hydroxyl groups is 1. The summed E-state index contributed by atoms with van der Waals surface area (Å²) in [5.41, 5.74) is -0.222. The summed E-state index contributed by atoms with van der Waals surface area (Å²) in [6.07, 6.45) is 4.72. The van der Waals surface area contributed by atoms with Crippen LogP contribution in [0.1, 0.15) is 59.4 Å². The summed E-state index contributed by atoms with van der Waals surface area (Å²) in [6, 6.07) is 0.120. The van der Waals surface area contributed by atoms with Gasteiger partial charge in [-0.3, -0.25) is 19.3 Å². The molecule has 0 aromatic carbocycles. The lowest BCUT2D eigenvalue weighted by Gasteiger charge is -2.13. The van der Waals surface area contributed by atoms with E-state index in [0.29, 0.717) is 18.4 Å². The Hall–Kier alpha value is -1.43. The maximum Gasteiger partial charge on any atom is 0.264 e. The van der Waals surface area contributed by atoms with Crippen molar-refractivity contribution in [1.82, 2.24) is 9.55 Å². The molecule has 6 heteroatoms. The van der Waals surface area contributed by atoms with Crippen molar-refractivity contribution >= 4 is 18.4 Å². The fraction of sp³-hybridized carbons (Fsp3) is 0.706. The number of aromatic amines is 1. The topological polar surface area (TPSA) is 70.4 Å². The van der Waals surface area contributed by atoms with Crippen LogP contribution < -0.4 is 5.56 Å². The van der Waals surface area contributed by atoms with Gasteiger partial charge in [0.1, 0.15) is 5.56 Å². The molecule has 23 heavy (non-hydrogen) atoms. The highest BCUT2D eigenvalue weighted by atomic mass is 32.1. The van der Waals surface area contributed by atoms with E-state index in [9.17, 15) is 9.90 Å². The lowest BCUT2D eigenvalue weighted by molar-refractivity contribution is 0.380. The molecular weight excluding hydrogens is 310 g/mol. The molecule has 0 aliphatic carbocycles. The molecule has 0 aliphatic rings. The van der Waals surface area contributed by atoms with E-state index in [1.165, 1.54) is 12.6 Å². The molecule has 0 spiro atoms. The highest BCUT2D eigenvalue weighted by Gasteiger charge is 2.12. The molecule has 0 bridgehead atoms. The minimum atomic E-state index is -0.398. The summed E-state index contributed by atoms with van der Waals surface area (Å²) >= 11 is 5.13. The number of rotatable bonds is 8. The van der Waals surface area contributed by atoms with Crippen LogP contribution in [0.3, 0.4) is 0 Å². The highest BCUT2D eigenvalue weighted by Crippen LogP contribution is 2.15. The van der Waals surface area contributed by atoms with Gasteiger partial charge in [0.25, 0.3) is 5.56 Å². The quantitative estimate of drug-likeness (QED) is 0.557. The van der Waals surface area contributed by atoms with Crippen molar-refractivity contribution in [3.8, 4) is 5.88 Å². The molecule has 0 fully saturated rings. The second kappa shape index (κ2) is 9.01. The smallest absolute Gasteiger partial charge is 0.264 e. The van der Waals surface area contributed by atoms with Gasteiger partial charge in [-0.25, -0.2) is 0 Å². The van der Waals surface area contributed by atoms with Gasteiger partial charge in [0, 0.05) is 18.8 Å². The first-order chi connectivity index (χ1) is 10.7. The SMILES string of the molecule is CC(C)CCC[C@H](C)N=Cc1c(O)n(CC(C)C)c(=S)[nH]c1=O. The van der Waals surface area contributed by atoms with Gasteiger partial charge in [-0.05, 0) is 37.4 Å². The van der Waals surface area contributed by atoms with Crippen molar-refractivity contribution < 1.29 is 5.11 Å². The molecule has 130 valence electrons. The number of aromatic nitrogens is 2. The minimum absolute atomic E-state index is 0.106. The molecule has 2 N–H and O–H groups in total. The van der Waals surface area contributed by atoms with Crippen molar-refractivity contribution in [3.63, 3.8) is 0 Å². The van der Waals surface area contributed by atoms with Crippen LogP contribution in [0.2, 0.25) is 0 Å². The van der Waals surface area contributed by atoms with E-state index in [4.69, 9.17) is 12.2 Å². The summed E-state index contributed by atoms with van der Waals surface area (Å²) in [7, 11) is 0. The fourth-order valence-electron chi connectivity index (χ4n) is 2.32. The fourth-order valence-corrected chi connectivity index (χ4v) is 2.58. The summed E-state index contributed by atoms with van der Waals surface area (Å²) in [5.74, 6) is 0.886. The van der Waals surface area contributed by atoms with Crippen molar-refractivity contribution in [3.05, 3.63) is 20.7 Å². The zero-order chi connectivity index (χ0) is 17.6. The highest BCUT2D eigenvalue weighted by molar-refractivity contribution is 7.71. The Kier molecular flexibility index (Phi) is 7.68. The zero-order valence-corrected chi connectivity index (χ0v) is 15.6. The molecule has 0 saturated heterocycles. The van der Waals surface area contributed by atoms with E-state index in [2.05, 4.69) is 23.8 Å². The van der Waals surface area contributed by atoms with E-state index in [1.807, 2.05) is 20.8 Å². The van der Waals surface area contributed by atoms with Gasteiger partial charge in [0.15, 0.2) is 4.77 Å². The van der Waals surface area contributed by atoms with Gasteiger partial charge in [-0.15, -0.1) is 0 Å². The van der Waals surface area contributed by atoms with Crippen molar-refractivity contribution in [2.75, 3.05) is 0 Å². The predicted octanol–water partition coefficient (Wildman–Crippen LogP) is 3.90. The van der Waals surface area contributed by atoms with E-state index in [0.717, 1.165) is 12.8 Å².